The van der Waals surface area contributed by atoms with Crippen molar-refractivity contribution in [2.75, 3.05) is 6.73 Å². The van der Waals surface area contributed by atoms with Crippen molar-refractivity contribution in [3.05, 3.63) is 71.8 Å². The quantitative estimate of drug-likeness (QED) is 0.362. The number of carbonyl (C=O) groups is 3. The number of primary amides is 1. The Kier molecular flexibility index (Phi) is 8.59. The van der Waals surface area contributed by atoms with E-state index in [1.54, 1.807) is 60.7 Å². The minimum absolute atomic E-state index is 0. The lowest BCUT2D eigenvalue weighted by Crippen LogP contribution is -2.46. The summed E-state index contributed by atoms with van der Waals surface area (Å²) in [6.45, 7) is -0.495. The third kappa shape index (κ3) is 5.53. The normalized spacial score (nSPS) is 11.6. The Morgan fingerprint density at radius 1 is 1.00 bits per heavy atom. The van der Waals surface area contributed by atoms with Gasteiger partial charge in [-0.15, -0.1) is 12.4 Å². The van der Waals surface area contributed by atoms with E-state index in [0.717, 1.165) is 0 Å². The minimum Gasteiger partial charge on any atom is -0.444 e. The molecule has 0 radical (unpaired) electrons. The molecular weight excluding hydrogens is 386 g/mol. The number of esters is 1. The van der Waals surface area contributed by atoms with E-state index in [-0.39, 0.29) is 12.4 Å². The largest absolute Gasteiger partial charge is 0.444 e. The molecule has 2 rings (SSSR count). The molecule has 0 saturated heterocycles. The molecule has 2 amide bonds. The van der Waals surface area contributed by atoms with Crippen molar-refractivity contribution in [1.82, 2.24) is 5.32 Å². The van der Waals surface area contributed by atoms with Gasteiger partial charge in [0.25, 0.3) is 5.91 Å². The fourth-order valence-electron chi connectivity index (χ4n) is 2.44. The molecule has 0 bridgehead atoms. The summed E-state index contributed by atoms with van der Waals surface area (Å²) in [5, 5.41) is 13.5. The molecule has 8 nitrogen and oxygen atoms in total. The Bertz CT molecular complexity index is 762. The van der Waals surface area contributed by atoms with E-state index in [1.165, 1.54) is 0 Å². The van der Waals surface area contributed by atoms with Gasteiger partial charge in [-0.1, -0.05) is 60.7 Å². The highest BCUT2D eigenvalue weighted by molar-refractivity contribution is 5.90. The van der Waals surface area contributed by atoms with Gasteiger partial charge in [0, 0.05) is 0 Å². The van der Waals surface area contributed by atoms with Crippen LogP contribution in [-0.2, 0) is 24.7 Å². The number of amides is 2. The molecular formula is C19H22ClN3O5. The molecule has 0 spiro atoms. The molecule has 0 aliphatic rings. The van der Waals surface area contributed by atoms with Crippen LogP contribution in [0, 0.1) is 0 Å². The predicted octanol–water partition coefficient (Wildman–Crippen LogP) is 0.164. The van der Waals surface area contributed by atoms with Crippen LogP contribution in [0.5, 0.6) is 0 Å². The summed E-state index contributed by atoms with van der Waals surface area (Å²) in [5.74, 6) is -2.41. The van der Waals surface area contributed by atoms with E-state index in [0.29, 0.717) is 11.1 Å². The maximum Gasteiger partial charge on any atom is 0.309 e. The lowest BCUT2D eigenvalue weighted by Gasteiger charge is -2.28. The average molecular weight is 408 g/mol. The fourth-order valence-corrected chi connectivity index (χ4v) is 2.44. The molecule has 150 valence electrons. The first-order valence-electron chi connectivity index (χ1n) is 8.18. The molecule has 0 aliphatic heterocycles. The van der Waals surface area contributed by atoms with Crippen LogP contribution in [0.1, 0.15) is 17.5 Å². The van der Waals surface area contributed by atoms with Gasteiger partial charge < -0.3 is 26.6 Å². The first kappa shape index (κ1) is 23.1. The second kappa shape index (κ2) is 10.4. The van der Waals surface area contributed by atoms with Crippen molar-refractivity contribution >= 4 is 30.2 Å². The van der Waals surface area contributed by atoms with Gasteiger partial charge in [-0.2, -0.15) is 0 Å². The Morgan fingerprint density at radius 3 is 1.89 bits per heavy atom. The van der Waals surface area contributed by atoms with Crippen LogP contribution in [0.4, 0.5) is 0 Å². The zero-order chi connectivity index (χ0) is 19.9. The molecule has 6 N–H and O–H groups in total. The van der Waals surface area contributed by atoms with Crippen LogP contribution in [0.3, 0.4) is 0 Å². The van der Waals surface area contributed by atoms with E-state index >= 15 is 0 Å². The van der Waals surface area contributed by atoms with E-state index in [2.05, 4.69) is 5.32 Å². The molecule has 0 aromatic heterocycles. The standard InChI is InChI=1S/C19H21N3O5.ClH/c20-15(17(21)24)11-16(23)27-12-22-18(25)19(26,13-7-3-1-4-8-13)14-9-5-2-6-10-14;/h1-10,15,26H,11-12,20H2,(H2,21,24)(H,22,25);1H/t15-;/m1./s1. The van der Waals surface area contributed by atoms with Crippen molar-refractivity contribution in [3.63, 3.8) is 0 Å². The molecule has 28 heavy (non-hydrogen) atoms. The summed E-state index contributed by atoms with van der Waals surface area (Å²) in [6.07, 6.45) is -0.410. The number of carbonyl (C=O) groups excluding carboxylic acids is 3. The van der Waals surface area contributed by atoms with Gasteiger partial charge in [0.05, 0.1) is 12.5 Å². The Labute approximate surface area is 168 Å². The van der Waals surface area contributed by atoms with Gasteiger partial charge in [-0.3, -0.25) is 14.4 Å². The molecule has 2 aromatic carbocycles. The van der Waals surface area contributed by atoms with Crippen molar-refractivity contribution in [2.45, 2.75) is 18.1 Å². The number of hydrogen-bond acceptors (Lipinski definition) is 6. The summed E-state index contributed by atoms with van der Waals surface area (Å²) in [6, 6.07) is 15.6. The van der Waals surface area contributed by atoms with Crippen molar-refractivity contribution in [3.8, 4) is 0 Å². The second-order valence-corrected chi connectivity index (χ2v) is 5.82. The van der Waals surface area contributed by atoms with Gasteiger partial charge in [0.2, 0.25) is 5.91 Å². The van der Waals surface area contributed by atoms with E-state index < -0.39 is 42.6 Å². The molecule has 0 aliphatic carbocycles. The third-order valence-corrected chi connectivity index (χ3v) is 3.93. The predicted molar refractivity (Wildman–Crippen MR) is 104 cm³/mol. The number of rotatable bonds is 8. The van der Waals surface area contributed by atoms with Gasteiger partial charge in [0.15, 0.2) is 12.3 Å². The number of nitrogens with one attached hydrogen (secondary N) is 1. The van der Waals surface area contributed by atoms with Crippen LogP contribution in [0.15, 0.2) is 60.7 Å². The third-order valence-electron chi connectivity index (χ3n) is 3.93. The van der Waals surface area contributed by atoms with Crippen LogP contribution in [0.2, 0.25) is 0 Å². The Hall–Kier alpha value is -2.94. The smallest absolute Gasteiger partial charge is 0.309 e. The minimum atomic E-state index is -1.97. The lowest BCUT2D eigenvalue weighted by molar-refractivity contribution is -0.149. The van der Waals surface area contributed by atoms with Gasteiger partial charge in [-0.05, 0) is 11.1 Å². The highest BCUT2D eigenvalue weighted by atomic mass is 35.5. The molecule has 0 fully saturated rings. The monoisotopic (exact) mass is 407 g/mol. The number of halogens is 1. The topological polar surface area (TPSA) is 145 Å². The van der Waals surface area contributed by atoms with Crippen LogP contribution < -0.4 is 16.8 Å². The first-order chi connectivity index (χ1) is 12.9. The number of nitrogens with two attached hydrogens (primary N) is 2. The highest BCUT2D eigenvalue weighted by Gasteiger charge is 2.39. The number of aliphatic hydroxyl groups is 1. The molecule has 9 heteroatoms. The average Bonchev–Trinajstić information content (AvgIpc) is 2.68. The van der Waals surface area contributed by atoms with Crippen molar-refractivity contribution in [2.24, 2.45) is 11.5 Å². The Morgan fingerprint density at radius 2 is 1.46 bits per heavy atom. The number of hydrogen-bond donors (Lipinski definition) is 4. The van der Waals surface area contributed by atoms with E-state index in [4.69, 9.17) is 16.2 Å². The highest BCUT2D eigenvalue weighted by Crippen LogP contribution is 2.29. The summed E-state index contributed by atoms with van der Waals surface area (Å²) in [5.41, 5.74) is 9.08. The Balaban J connectivity index is 0.00000392. The summed E-state index contributed by atoms with van der Waals surface area (Å²) in [4.78, 5) is 35.2. The zero-order valence-electron chi connectivity index (χ0n) is 14.9. The van der Waals surface area contributed by atoms with E-state index in [9.17, 15) is 19.5 Å². The van der Waals surface area contributed by atoms with Gasteiger partial charge in [-0.25, -0.2) is 0 Å². The molecule has 2 aromatic rings. The number of ether oxygens (including phenoxy) is 1. The molecule has 0 saturated carbocycles. The maximum atomic E-state index is 12.7. The summed E-state index contributed by atoms with van der Waals surface area (Å²) < 4.78 is 4.83. The summed E-state index contributed by atoms with van der Waals surface area (Å²) >= 11 is 0. The molecule has 1 atom stereocenters. The van der Waals surface area contributed by atoms with Crippen LogP contribution in [-0.4, -0.2) is 35.7 Å². The first-order valence-corrected chi connectivity index (χ1v) is 8.18. The van der Waals surface area contributed by atoms with Crippen LogP contribution >= 0.6 is 12.4 Å². The molecule has 0 heterocycles. The maximum absolute atomic E-state index is 12.7. The van der Waals surface area contributed by atoms with E-state index in [1.807, 2.05) is 0 Å². The van der Waals surface area contributed by atoms with Gasteiger partial charge >= 0.3 is 5.97 Å². The fraction of sp³-hybridized carbons (Fsp3) is 0.211. The van der Waals surface area contributed by atoms with Crippen molar-refractivity contribution in [1.29, 1.82) is 0 Å². The summed E-state index contributed by atoms with van der Waals surface area (Å²) in [7, 11) is 0. The number of benzene rings is 2. The van der Waals surface area contributed by atoms with Gasteiger partial charge in [0.1, 0.15) is 0 Å². The van der Waals surface area contributed by atoms with Crippen LogP contribution in [0.25, 0.3) is 0 Å². The second-order valence-electron chi connectivity index (χ2n) is 5.82. The lowest BCUT2D eigenvalue weighted by atomic mass is 9.85. The van der Waals surface area contributed by atoms with Crippen molar-refractivity contribution < 1.29 is 24.2 Å². The zero-order valence-corrected chi connectivity index (χ0v) is 15.7. The molecule has 0 unspecified atom stereocenters. The SMILES string of the molecule is Cl.NC(=O)[C@H](N)CC(=O)OCNC(=O)C(O)(c1ccccc1)c1ccccc1.